The average Bonchev–Trinajstić information content (AvgIpc) is 2.88. The SMILES string of the molecule is CC1CN2CCCC2CN1CC1CCC(N)C1. The van der Waals surface area contributed by atoms with Crippen molar-refractivity contribution >= 4 is 0 Å². The van der Waals surface area contributed by atoms with E-state index >= 15 is 0 Å². The first-order chi connectivity index (χ1) is 8.22. The van der Waals surface area contributed by atoms with Crippen LogP contribution in [-0.4, -0.2) is 54.1 Å². The topological polar surface area (TPSA) is 32.5 Å². The highest BCUT2D eigenvalue weighted by Gasteiger charge is 2.35. The van der Waals surface area contributed by atoms with Crippen LogP contribution >= 0.6 is 0 Å². The van der Waals surface area contributed by atoms with Gasteiger partial charge in [0.05, 0.1) is 0 Å². The van der Waals surface area contributed by atoms with Crippen molar-refractivity contribution in [2.75, 3.05) is 26.2 Å². The molecule has 17 heavy (non-hydrogen) atoms. The van der Waals surface area contributed by atoms with Gasteiger partial charge in [-0.1, -0.05) is 0 Å². The third-order valence-corrected chi connectivity index (χ3v) is 5.14. The summed E-state index contributed by atoms with van der Waals surface area (Å²) < 4.78 is 0. The summed E-state index contributed by atoms with van der Waals surface area (Å²) in [5.74, 6) is 0.875. The van der Waals surface area contributed by atoms with Crippen molar-refractivity contribution in [3.05, 3.63) is 0 Å². The van der Waals surface area contributed by atoms with Crippen molar-refractivity contribution in [3.8, 4) is 0 Å². The van der Waals surface area contributed by atoms with E-state index in [0.29, 0.717) is 6.04 Å². The molecule has 0 bridgehead atoms. The summed E-state index contributed by atoms with van der Waals surface area (Å²) in [5.41, 5.74) is 6.02. The zero-order valence-electron chi connectivity index (χ0n) is 11.1. The maximum atomic E-state index is 6.02. The fraction of sp³-hybridized carbons (Fsp3) is 1.00. The Bertz CT molecular complexity index is 268. The standard InChI is InChI=1S/C14H27N3/c1-11-8-16-6-2-3-14(16)10-17(11)9-12-4-5-13(15)7-12/h11-14H,2-10,15H2,1H3. The Kier molecular flexibility index (Phi) is 3.42. The van der Waals surface area contributed by atoms with Crippen molar-refractivity contribution < 1.29 is 0 Å². The molecule has 3 aliphatic rings. The number of nitrogens with zero attached hydrogens (tertiary/aromatic N) is 2. The summed E-state index contributed by atoms with van der Waals surface area (Å²) >= 11 is 0. The molecule has 1 aliphatic carbocycles. The van der Waals surface area contributed by atoms with Gasteiger partial charge in [-0.15, -0.1) is 0 Å². The fourth-order valence-corrected chi connectivity index (χ4v) is 4.11. The monoisotopic (exact) mass is 237 g/mol. The van der Waals surface area contributed by atoms with Crippen LogP contribution in [0.25, 0.3) is 0 Å². The smallest absolute Gasteiger partial charge is 0.0224 e. The molecule has 1 saturated carbocycles. The molecule has 3 fully saturated rings. The maximum Gasteiger partial charge on any atom is 0.0224 e. The second-order valence-corrected chi connectivity index (χ2v) is 6.53. The third-order valence-electron chi connectivity index (χ3n) is 5.14. The van der Waals surface area contributed by atoms with E-state index in [-0.39, 0.29) is 0 Å². The number of rotatable bonds is 2. The minimum absolute atomic E-state index is 0.489. The van der Waals surface area contributed by atoms with Crippen LogP contribution in [0.5, 0.6) is 0 Å². The molecule has 3 rings (SSSR count). The molecule has 0 aromatic heterocycles. The zero-order valence-corrected chi connectivity index (χ0v) is 11.1. The summed E-state index contributed by atoms with van der Waals surface area (Å²) in [5, 5.41) is 0. The Morgan fingerprint density at radius 3 is 2.82 bits per heavy atom. The molecule has 2 N–H and O–H groups in total. The van der Waals surface area contributed by atoms with Gasteiger partial charge in [0, 0.05) is 37.8 Å². The van der Waals surface area contributed by atoms with E-state index in [1.165, 1.54) is 58.3 Å². The van der Waals surface area contributed by atoms with E-state index in [1.54, 1.807) is 0 Å². The molecular formula is C14H27N3. The van der Waals surface area contributed by atoms with E-state index < -0.39 is 0 Å². The van der Waals surface area contributed by atoms with Crippen LogP contribution in [0, 0.1) is 5.92 Å². The highest BCUT2D eigenvalue weighted by molar-refractivity contribution is 4.92. The van der Waals surface area contributed by atoms with E-state index in [2.05, 4.69) is 16.7 Å². The summed E-state index contributed by atoms with van der Waals surface area (Å²) in [6.07, 6.45) is 6.71. The van der Waals surface area contributed by atoms with Crippen LogP contribution in [0.15, 0.2) is 0 Å². The van der Waals surface area contributed by atoms with Crippen molar-refractivity contribution in [1.82, 2.24) is 9.80 Å². The first-order valence-electron chi connectivity index (χ1n) is 7.46. The molecule has 3 nitrogen and oxygen atoms in total. The average molecular weight is 237 g/mol. The first-order valence-corrected chi connectivity index (χ1v) is 7.46. The molecule has 0 aromatic carbocycles. The van der Waals surface area contributed by atoms with Gasteiger partial charge in [-0.25, -0.2) is 0 Å². The molecule has 0 aromatic rings. The normalized spacial score (nSPS) is 44.1. The summed E-state index contributed by atoms with van der Waals surface area (Å²) in [6, 6.07) is 2.10. The number of hydrogen-bond acceptors (Lipinski definition) is 3. The molecule has 3 heteroatoms. The van der Waals surface area contributed by atoms with Crippen LogP contribution < -0.4 is 5.73 Å². The quantitative estimate of drug-likeness (QED) is 0.785. The summed E-state index contributed by atoms with van der Waals surface area (Å²) in [4.78, 5) is 5.46. The van der Waals surface area contributed by atoms with Crippen molar-refractivity contribution in [1.29, 1.82) is 0 Å². The van der Waals surface area contributed by atoms with Crippen LogP contribution in [-0.2, 0) is 0 Å². The van der Waals surface area contributed by atoms with E-state index in [9.17, 15) is 0 Å². The Morgan fingerprint density at radius 1 is 1.18 bits per heavy atom. The van der Waals surface area contributed by atoms with Gasteiger partial charge >= 0.3 is 0 Å². The van der Waals surface area contributed by atoms with Crippen LogP contribution in [0.2, 0.25) is 0 Å². The summed E-state index contributed by atoms with van der Waals surface area (Å²) in [7, 11) is 0. The lowest BCUT2D eigenvalue weighted by Crippen LogP contribution is -2.55. The number of hydrogen-bond donors (Lipinski definition) is 1. The van der Waals surface area contributed by atoms with Crippen LogP contribution in [0.1, 0.15) is 39.0 Å². The molecule has 0 amide bonds. The molecule has 0 spiro atoms. The van der Waals surface area contributed by atoms with E-state index in [0.717, 1.165) is 18.0 Å². The molecular weight excluding hydrogens is 210 g/mol. The second kappa shape index (κ2) is 4.87. The van der Waals surface area contributed by atoms with Gasteiger partial charge in [-0.3, -0.25) is 9.80 Å². The number of piperazine rings is 1. The fourth-order valence-electron chi connectivity index (χ4n) is 4.11. The Hall–Kier alpha value is -0.120. The highest BCUT2D eigenvalue weighted by Crippen LogP contribution is 2.29. The van der Waals surface area contributed by atoms with E-state index in [4.69, 9.17) is 5.73 Å². The highest BCUT2D eigenvalue weighted by atomic mass is 15.3. The lowest BCUT2D eigenvalue weighted by molar-refractivity contribution is 0.0486. The number of fused-ring (bicyclic) bond motifs is 1. The molecule has 4 atom stereocenters. The van der Waals surface area contributed by atoms with Gasteiger partial charge in [0.2, 0.25) is 0 Å². The summed E-state index contributed by atoms with van der Waals surface area (Å²) in [6.45, 7) is 7.66. The predicted molar refractivity (Wildman–Crippen MR) is 70.9 cm³/mol. The molecule has 2 aliphatic heterocycles. The van der Waals surface area contributed by atoms with Gasteiger partial charge in [-0.05, 0) is 51.5 Å². The minimum atomic E-state index is 0.489. The van der Waals surface area contributed by atoms with Gasteiger partial charge in [-0.2, -0.15) is 0 Å². The van der Waals surface area contributed by atoms with Gasteiger partial charge in [0.1, 0.15) is 0 Å². The molecule has 4 unspecified atom stereocenters. The maximum absolute atomic E-state index is 6.02. The lowest BCUT2D eigenvalue weighted by Gasteiger charge is -2.43. The van der Waals surface area contributed by atoms with Gasteiger partial charge < -0.3 is 5.73 Å². The van der Waals surface area contributed by atoms with Crippen LogP contribution in [0.4, 0.5) is 0 Å². The Labute approximate surface area is 105 Å². The first kappa shape index (κ1) is 11.9. The number of nitrogens with two attached hydrogens (primary N) is 1. The zero-order chi connectivity index (χ0) is 11.8. The van der Waals surface area contributed by atoms with Gasteiger partial charge in [0.25, 0.3) is 0 Å². The molecule has 0 radical (unpaired) electrons. The van der Waals surface area contributed by atoms with Gasteiger partial charge in [0.15, 0.2) is 0 Å². The molecule has 98 valence electrons. The van der Waals surface area contributed by atoms with Crippen LogP contribution in [0.3, 0.4) is 0 Å². The minimum Gasteiger partial charge on any atom is -0.328 e. The largest absolute Gasteiger partial charge is 0.328 e. The van der Waals surface area contributed by atoms with Crippen molar-refractivity contribution in [2.24, 2.45) is 11.7 Å². The Morgan fingerprint density at radius 2 is 2.06 bits per heavy atom. The van der Waals surface area contributed by atoms with E-state index in [1.807, 2.05) is 0 Å². The van der Waals surface area contributed by atoms with Crippen molar-refractivity contribution in [3.63, 3.8) is 0 Å². The predicted octanol–water partition coefficient (Wildman–Crippen LogP) is 1.28. The Balaban J connectivity index is 1.55. The molecule has 2 saturated heterocycles. The lowest BCUT2D eigenvalue weighted by atomic mass is 10.0. The molecule has 2 heterocycles. The van der Waals surface area contributed by atoms with Crippen molar-refractivity contribution in [2.45, 2.75) is 57.2 Å². The third kappa shape index (κ3) is 2.51. The second-order valence-electron chi connectivity index (χ2n) is 6.53.